The first-order valence-corrected chi connectivity index (χ1v) is 18.8. The van der Waals surface area contributed by atoms with Crippen molar-refractivity contribution in [3.05, 3.63) is 64.8 Å². The Balaban J connectivity index is 1.54. The van der Waals surface area contributed by atoms with Gasteiger partial charge in [0.2, 0.25) is 0 Å². The maximum atomic E-state index is 14.7. The van der Waals surface area contributed by atoms with Gasteiger partial charge in [-0.15, -0.1) is 0 Å². The minimum Gasteiger partial charge on any atom is -0.478 e. The highest BCUT2D eigenvalue weighted by atomic mass is 16.4. The number of ketones is 2. The highest BCUT2D eigenvalue weighted by molar-refractivity contribution is 6.01. The molecule has 10 atom stereocenters. The molecule has 10 unspecified atom stereocenters. The van der Waals surface area contributed by atoms with Crippen LogP contribution in [0.1, 0.15) is 112 Å². The molecule has 50 heavy (non-hydrogen) atoms. The number of rotatable bonds is 11. The van der Waals surface area contributed by atoms with Crippen LogP contribution < -0.4 is 0 Å². The Labute approximate surface area is 299 Å². The van der Waals surface area contributed by atoms with Gasteiger partial charge in [0.15, 0.2) is 5.78 Å². The van der Waals surface area contributed by atoms with Crippen LogP contribution in [0.25, 0.3) is 6.08 Å². The summed E-state index contributed by atoms with van der Waals surface area (Å²) in [4.78, 5) is 40.2. The lowest BCUT2D eigenvalue weighted by Crippen LogP contribution is -2.63. The fourth-order valence-corrected chi connectivity index (χ4v) is 11.3. The lowest BCUT2D eigenvalue weighted by Gasteiger charge is -2.63. The third kappa shape index (κ3) is 6.30. The lowest BCUT2D eigenvalue weighted by molar-refractivity contribution is -0.150. The standard InChI is InChI=1S/C43H60O7/c1-25(2)13-12-16-28(39(49)50)22-29(44)21-26(3)31-23-34(47)43(8)36-35(32(45)24-42(31,43)7)41(6)20-19-33(46)40(4,5)38(41)30(37(36)48)18-17-27-14-10-9-11-15-27/h9-11,14-15,17-18,22,25-26,29-31,34,37-38,44,47-48H,12-13,16,19-21,23-24H2,1-8H3,(H,49,50). The molecule has 0 heterocycles. The van der Waals surface area contributed by atoms with E-state index in [9.17, 15) is 34.8 Å². The van der Waals surface area contributed by atoms with Crippen LogP contribution in [0.3, 0.4) is 0 Å². The summed E-state index contributed by atoms with van der Waals surface area (Å²) in [6.07, 6.45) is 6.38. The van der Waals surface area contributed by atoms with Gasteiger partial charge < -0.3 is 20.4 Å². The molecule has 0 bridgehead atoms. The number of aliphatic hydroxyl groups is 3. The van der Waals surface area contributed by atoms with E-state index in [1.165, 1.54) is 6.08 Å². The summed E-state index contributed by atoms with van der Waals surface area (Å²) in [6.45, 7) is 16.3. The number of carbonyl (C=O) groups excluding carboxylic acids is 2. The van der Waals surface area contributed by atoms with Crippen molar-refractivity contribution in [1.82, 2.24) is 0 Å². The molecular formula is C43H60O7. The summed E-state index contributed by atoms with van der Waals surface area (Å²) < 4.78 is 0. The molecule has 4 aliphatic rings. The molecule has 0 spiro atoms. The molecule has 0 aliphatic heterocycles. The van der Waals surface area contributed by atoms with Gasteiger partial charge in [-0.2, -0.15) is 0 Å². The third-order valence-electron chi connectivity index (χ3n) is 14.0. The van der Waals surface area contributed by atoms with Gasteiger partial charge in [-0.3, -0.25) is 9.59 Å². The summed E-state index contributed by atoms with van der Waals surface area (Å²) in [5, 5.41) is 45.8. The van der Waals surface area contributed by atoms with Crippen LogP contribution >= 0.6 is 0 Å². The van der Waals surface area contributed by atoms with Gasteiger partial charge in [0.05, 0.1) is 18.3 Å². The Bertz CT molecular complexity index is 1570. The van der Waals surface area contributed by atoms with E-state index in [1.54, 1.807) is 0 Å². The zero-order valence-corrected chi connectivity index (χ0v) is 31.4. The van der Waals surface area contributed by atoms with E-state index in [0.717, 1.165) is 18.4 Å². The van der Waals surface area contributed by atoms with Crippen molar-refractivity contribution in [1.29, 1.82) is 0 Å². The van der Waals surface area contributed by atoms with Crippen LogP contribution in [-0.4, -0.2) is 56.3 Å². The number of carboxylic acids is 1. The fourth-order valence-electron chi connectivity index (χ4n) is 11.3. The number of allylic oxidation sites excluding steroid dienone is 1. The average Bonchev–Trinajstić information content (AvgIpc) is 3.24. The number of benzene rings is 1. The predicted molar refractivity (Wildman–Crippen MR) is 196 cm³/mol. The molecule has 2 fully saturated rings. The van der Waals surface area contributed by atoms with E-state index in [1.807, 2.05) is 70.2 Å². The minimum absolute atomic E-state index is 0.0211. The Morgan fingerprint density at radius 2 is 1.68 bits per heavy atom. The second-order valence-electron chi connectivity index (χ2n) is 17.8. The smallest absolute Gasteiger partial charge is 0.331 e. The Morgan fingerprint density at radius 1 is 1.02 bits per heavy atom. The number of hydrogen-bond donors (Lipinski definition) is 4. The van der Waals surface area contributed by atoms with E-state index >= 15 is 0 Å². The minimum atomic E-state index is -1.08. The molecule has 0 saturated heterocycles. The molecule has 1 aromatic carbocycles. The molecule has 1 aromatic rings. The second-order valence-corrected chi connectivity index (χ2v) is 17.8. The maximum absolute atomic E-state index is 14.7. The first-order chi connectivity index (χ1) is 23.3. The Kier molecular flexibility index (Phi) is 10.7. The van der Waals surface area contributed by atoms with Crippen LogP contribution in [0.5, 0.6) is 0 Å². The topological polar surface area (TPSA) is 132 Å². The molecule has 4 N–H and O–H groups in total. The zero-order chi connectivity index (χ0) is 37.0. The van der Waals surface area contributed by atoms with Gasteiger partial charge in [-0.05, 0) is 78.4 Å². The molecule has 0 aromatic heterocycles. The van der Waals surface area contributed by atoms with Crippen molar-refractivity contribution in [2.24, 2.45) is 51.2 Å². The van der Waals surface area contributed by atoms with Crippen molar-refractivity contribution in [2.75, 3.05) is 0 Å². The molecule has 5 rings (SSSR count). The van der Waals surface area contributed by atoms with Crippen molar-refractivity contribution in [2.45, 2.75) is 125 Å². The van der Waals surface area contributed by atoms with Crippen LogP contribution in [-0.2, 0) is 14.4 Å². The summed E-state index contributed by atoms with van der Waals surface area (Å²) in [5.41, 5.74) is -0.679. The number of hydrogen-bond acceptors (Lipinski definition) is 6. The average molecular weight is 689 g/mol. The lowest BCUT2D eigenvalue weighted by atomic mass is 9.40. The Morgan fingerprint density at radius 3 is 2.30 bits per heavy atom. The monoisotopic (exact) mass is 688 g/mol. The van der Waals surface area contributed by atoms with Gasteiger partial charge in [0, 0.05) is 46.2 Å². The predicted octanol–water partition coefficient (Wildman–Crippen LogP) is 7.59. The van der Waals surface area contributed by atoms with Crippen LogP contribution in [0.4, 0.5) is 0 Å². The van der Waals surface area contributed by atoms with Gasteiger partial charge >= 0.3 is 5.97 Å². The summed E-state index contributed by atoms with van der Waals surface area (Å²) in [5.74, 6) is -1.53. The molecule has 7 heteroatoms. The van der Waals surface area contributed by atoms with E-state index in [4.69, 9.17) is 0 Å². The largest absolute Gasteiger partial charge is 0.478 e. The van der Waals surface area contributed by atoms with Crippen LogP contribution in [0, 0.1) is 51.2 Å². The van der Waals surface area contributed by atoms with E-state index < -0.39 is 51.9 Å². The first-order valence-electron chi connectivity index (χ1n) is 18.8. The SMILES string of the molecule is CC(C)CCCC(=CC(O)CC(C)C1CC(O)C2(C)C3=C(C(=O)CC12C)C1(C)CCC(=O)C(C)(C)C1C(C=Cc1ccccc1)C3O)C(=O)O. The zero-order valence-electron chi connectivity index (χ0n) is 31.4. The molecule has 0 amide bonds. The van der Waals surface area contributed by atoms with Crippen LogP contribution in [0.15, 0.2) is 59.2 Å². The fraction of sp³-hybridized carbons (Fsp3) is 0.651. The van der Waals surface area contributed by atoms with Gasteiger partial charge in [0.25, 0.3) is 0 Å². The molecule has 0 radical (unpaired) electrons. The molecule has 274 valence electrons. The summed E-state index contributed by atoms with van der Waals surface area (Å²) in [7, 11) is 0. The number of aliphatic hydroxyl groups excluding tert-OH is 3. The summed E-state index contributed by atoms with van der Waals surface area (Å²) >= 11 is 0. The number of aliphatic carboxylic acids is 1. The van der Waals surface area contributed by atoms with E-state index in [2.05, 4.69) is 27.7 Å². The van der Waals surface area contributed by atoms with Crippen molar-refractivity contribution < 1.29 is 34.8 Å². The molecule has 4 aliphatic carbocycles. The van der Waals surface area contributed by atoms with Gasteiger partial charge in [-0.1, -0.05) is 104 Å². The highest BCUT2D eigenvalue weighted by Gasteiger charge is 2.71. The highest BCUT2D eigenvalue weighted by Crippen LogP contribution is 2.72. The van der Waals surface area contributed by atoms with Crippen molar-refractivity contribution in [3.8, 4) is 0 Å². The van der Waals surface area contributed by atoms with Crippen LogP contribution in [0.2, 0.25) is 0 Å². The third-order valence-corrected chi connectivity index (χ3v) is 14.0. The quantitative estimate of drug-likeness (QED) is 0.176. The number of carbonyl (C=O) groups is 3. The first kappa shape index (κ1) is 38.4. The maximum Gasteiger partial charge on any atom is 0.331 e. The van der Waals surface area contributed by atoms with Gasteiger partial charge in [-0.25, -0.2) is 4.79 Å². The molecule has 7 nitrogen and oxygen atoms in total. The van der Waals surface area contributed by atoms with E-state index in [0.29, 0.717) is 49.2 Å². The van der Waals surface area contributed by atoms with E-state index in [-0.39, 0.29) is 41.3 Å². The number of carboxylic acid groups (broad SMARTS) is 1. The Hall–Kier alpha value is -2.87. The normalized spacial score (nSPS) is 36.7. The number of fused-ring (bicyclic) bond motifs is 4. The number of Topliss-reactive ketones (excluding diaryl/α,β-unsaturated/α-hetero) is 2. The van der Waals surface area contributed by atoms with Crippen molar-refractivity contribution >= 4 is 23.6 Å². The summed E-state index contributed by atoms with van der Waals surface area (Å²) in [6, 6.07) is 9.86. The molecule has 2 saturated carbocycles. The second kappa shape index (κ2) is 13.9. The van der Waals surface area contributed by atoms with Crippen molar-refractivity contribution in [3.63, 3.8) is 0 Å². The molecular weight excluding hydrogens is 628 g/mol. The van der Waals surface area contributed by atoms with Gasteiger partial charge in [0.1, 0.15) is 5.78 Å².